The molecule has 2 heteroatoms. The van der Waals surface area contributed by atoms with Crippen molar-refractivity contribution in [3.05, 3.63) is 71.3 Å². The molecule has 0 amide bonds. The Kier molecular flexibility index (Phi) is 6.49. The van der Waals surface area contributed by atoms with Gasteiger partial charge in [0.2, 0.25) is 0 Å². The largest absolute Gasteiger partial charge is 0.457 e. The Bertz CT molecular complexity index is 684. The van der Waals surface area contributed by atoms with Gasteiger partial charge in [0, 0.05) is 5.92 Å². The number of hydrogen-bond acceptors (Lipinski definition) is 2. The lowest BCUT2D eigenvalue weighted by Crippen LogP contribution is -2.19. The first-order chi connectivity index (χ1) is 12.7. The summed E-state index contributed by atoms with van der Waals surface area (Å²) >= 11 is 0. The molecule has 0 saturated heterocycles. The number of rotatable bonds is 7. The third-order valence-corrected chi connectivity index (χ3v) is 5.72. The van der Waals surface area contributed by atoms with E-state index >= 15 is 0 Å². The van der Waals surface area contributed by atoms with Gasteiger partial charge in [0.15, 0.2) is 0 Å². The second-order valence-corrected chi connectivity index (χ2v) is 7.59. The van der Waals surface area contributed by atoms with E-state index in [1.54, 1.807) is 0 Å². The molecule has 0 spiro atoms. The van der Waals surface area contributed by atoms with Crippen LogP contribution in [-0.2, 0) is 16.0 Å². The molecule has 0 aromatic heterocycles. The SMILES string of the molecule is CCC(C)c1ccc(CC(=O)OC(c2ccccc2)C2CCCC2)cc1. The fourth-order valence-corrected chi connectivity index (χ4v) is 3.89. The van der Waals surface area contributed by atoms with Gasteiger partial charge in [-0.3, -0.25) is 4.79 Å². The first-order valence-electron chi connectivity index (χ1n) is 10.0. The maximum absolute atomic E-state index is 12.6. The van der Waals surface area contributed by atoms with Gasteiger partial charge in [0.05, 0.1) is 6.42 Å². The van der Waals surface area contributed by atoms with Gasteiger partial charge in [-0.05, 0) is 41.9 Å². The van der Waals surface area contributed by atoms with Crippen LogP contribution in [0, 0.1) is 5.92 Å². The number of carbonyl (C=O) groups is 1. The predicted molar refractivity (Wildman–Crippen MR) is 106 cm³/mol. The maximum Gasteiger partial charge on any atom is 0.310 e. The minimum absolute atomic E-state index is 0.106. The molecule has 0 aliphatic heterocycles. The van der Waals surface area contributed by atoms with Crippen LogP contribution < -0.4 is 0 Å². The van der Waals surface area contributed by atoms with Crippen molar-refractivity contribution in [1.29, 1.82) is 0 Å². The monoisotopic (exact) mass is 350 g/mol. The first kappa shape index (κ1) is 18.7. The Hall–Kier alpha value is -2.09. The van der Waals surface area contributed by atoms with Crippen LogP contribution in [0.1, 0.15) is 74.7 Å². The van der Waals surface area contributed by atoms with Crippen LogP contribution in [-0.4, -0.2) is 5.97 Å². The van der Waals surface area contributed by atoms with Gasteiger partial charge in [-0.2, -0.15) is 0 Å². The van der Waals surface area contributed by atoms with E-state index in [0.717, 1.165) is 30.4 Å². The highest BCUT2D eigenvalue weighted by Gasteiger charge is 2.29. The number of hydrogen-bond donors (Lipinski definition) is 0. The molecule has 2 aromatic rings. The molecule has 2 nitrogen and oxygen atoms in total. The molecule has 1 fully saturated rings. The lowest BCUT2D eigenvalue weighted by Gasteiger charge is -2.24. The molecule has 138 valence electrons. The molecule has 1 aliphatic carbocycles. The van der Waals surface area contributed by atoms with Crippen molar-refractivity contribution in [3.8, 4) is 0 Å². The molecule has 0 radical (unpaired) electrons. The molecular weight excluding hydrogens is 320 g/mol. The van der Waals surface area contributed by atoms with Gasteiger partial charge < -0.3 is 4.74 Å². The Labute approximate surface area is 157 Å². The summed E-state index contributed by atoms with van der Waals surface area (Å²) in [5.74, 6) is 0.886. The van der Waals surface area contributed by atoms with E-state index in [2.05, 4.69) is 50.2 Å². The van der Waals surface area contributed by atoms with Crippen molar-refractivity contribution in [2.24, 2.45) is 5.92 Å². The molecule has 26 heavy (non-hydrogen) atoms. The minimum Gasteiger partial charge on any atom is -0.457 e. The minimum atomic E-state index is -0.123. The van der Waals surface area contributed by atoms with Crippen molar-refractivity contribution in [2.45, 2.75) is 64.4 Å². The third-order valence-electron chi connectivity index (χ3n) is 5.72. The molecule has 2 atom stereocenters. The van der Waals surface area contributed by atoms with Gasteiger partial charge in [0.1, 0.15) is 6.10 Å². The molecule has 2 aromatic carbocycles. The second-order valence-electron chi connectivity index (χ2n) is 7.59. The molecule has 1 saturated carbocycles. The zero-order valence-electron chi connectivity index (χ0n) is 16.0. The van der Waals surface area contributed by atoms with Crippen molar-refractivity contribution < 1.29 is 9.53 Å². The van der Waals surface area contributed by atoms with Crippen LogP contribution in [0.25, 0.3) is 0 Å². The van der Waals surface area contributed by atoms with Gasteiger partial charge in [-0.1, -0.05) is 81.3 Å². The summed E-state index contributed by atoms with van der Waals surface area (Å²) in [4.78, 5) is 12.6. The molecule has 2 unspecified atom stereocenters. The van der Waals surface area contributed by atoms with Crippen LogP contribution in [0.2, 0.25) is 0 Å². The molecular formula is C24H30O2. The van der Waals surface area contributed by atoms with E-state index < -0.39 is 0 Å². The maximum atomic E-state index is 12.6. The summed E-state index contributed by atoms with van der Waals surface area (Å²) in [5, 5.41) is 0. The highest BCUT2D eigenvalue weighted by molar-refractivity contribution is 5.73. The van der Waals surface area contributed by atoms with E-state index in [1.807, 2.05) is 18.2 Å². The van der Waals surface area contributed by atoms with Gasteiger partial charge in [0.25, 0.3) is 0 Å². The quantitative estimate of drug-likeness (QED) is 0.554. The first-order valence-corrected chi connectivity index (χ1v) is 10.0. The Morgan fingerprint density at radius 3 is 2.27 bits per heavy atom. The van der Waals surface area contributed by atoms with E-state index in [0.29, 0.717) is 18.3 Å². The summed E-state index contributed by atoms with van der Waals surface area (Å²) in [6, 6.07) is 18.6. The average Bonchev–Trinajstić information content (AvgIpc) is 3.21. The second kappa shape index (κ2) is 9.02. The van der Waals surface area contributed by atoms with Crippen molar-refractivity contribution in [2.75, 3.05) is 0 Å². The van der Waals surface area contributed by atoms with Crippen LogP contribution in [0.15, 0.2) is 54.6 Å². The summed E-state index contributed by atoms with van der Waals surface area (Å²) < 4.78 is 5.98. The smallest absolute Gasteiger partial charge is 0.310 e. The fourth-order valence-electron chi connectivity index (χ4n) is 3.89. The zero-order valence-corrected chi connectivity index (χ0v) is 16.0. The number of ether oxygens (including phenoxy) is 1. The molecule has 0 N–H and O–H groups in total. The average molecular weight is 351 g/mol. The van der Waals surface area contributed by atoms with Crippen LogP contribution in [0.3, 0.4) is 0 Å². The van der Waals surface area contributed by atoms with Crippen molar-refractivity contribution in [1.82, 2.24) is 0 Å². The standard InChI is InChI=1S/C24H30O2/c1-3-18(2)20-15-13-19(14-16-20)17-23(25)26-24(22-11-7-8-12-22)21-9-5-4-6-10-21/h4-6,9-10,13-16,18,22,24H,3,7-8,11-12,17H2,1-2H3. The topological polar surface area (TPSA) is 26.3 Å². The van der Waals surface area contributed by atoms with E-state index in [-0.39, 0.29) is 12.1 Å². The normalized spacial score (nSPS) is 17.0. The van der Waals surface area contributed by atoms with Crippen molar-refractivity contribution in [3.63, 3.8) is 0 Å². The number of esters is 1. The van der Waals surface area contributed by atoms with Crippen LogP contribution in [0.4, 0.5) is 0 Å². The third kappa shape index (κ3) is 4.75. The zero-order chi connectivity index (χ0) is 18.4. The van der Waals surface area contributed by atoms with Crippen molar-refractivity contribution >= 4 is 5.97 Å². The van der Waals surface area contributed by atoms with Crippen LogP contribution >= 0.6 is 0 Å². The summed E-state index contributed by atoms with van der Waals surface area (Å²) in [6.07, 6.45) is 6.14. The predicted octanol–water partition coefficient (Wildman–Crippen LogP) is 6.22. The molecule has 1 aliphatic rings. The Morgan fingerprint density at radius 1 is 1.00 bits per heavy atom. The van der Waals surface area contributed by atoms with Gasteiger partial charge in [-0.15, -0.1) is 0 Å². The highest BCUT2D eigenvalue weighted by atomic mass is 16.5. The van der Waals surface area contributed by atoms with Gasteiger partial charge in [-0.25, -0.2) is 0 Å². The summed E-state index contributed by atoms with van der Waals surface area (Å²) in [6.45, 7) is 4.43. The molecule has 3 rings (SSSR count). The number of benzene rings is 2. The Balaban J connectivity index is 1.66. The summed E-state index contributed by atoms with van der Waals surface area (Å²) in [7, 11) is 0. The number of carbonyl (C=O) groups excluding carboxylic acids is 1. The fraction of sp³-hybridized carbons (Fsp3) is 0.458. The lowest BCUT2D eigenvalue weighted by atomic mass is 9.94. The lowest BCUT2D eigenvalue weighted by molar-refractivity contribution is -0.151. The summed E-state index contributed by atoms with van der Waals surface area (Å²) in [5.41, 5.74) is 3.48. The highest BCUT2D eigenvalue weighted by Crippen LogP contribution is 2.38. The van der Waals surface area contributed by atoms with Gasteiger partial charge >= 0.3 is 5.97 Å². The Morgan fingerprint density at radius 2 is 1.65 bits per heavy atom. The van der Waals surface area contributed by atoms with E-state index in [9.17, 15) is 4.79 Å². The van der Waals surface area contributed by atoms with E-state index in [4.69, 9.17) is 4.74 Å². The molecule has 0 heterocycles. The van der Waals surface area contributed by atoms with Crippen LogP contribution in [0.5, 0.6) is 0 Å². The van der Waals surface area contributed by atoms with E-state index in [1.165, 1.54) is 18.4 Å². The molecule has 0 bridgehead atoms.